The minimum Gasteiger partial charge on any atom is -0.468 e. The predicted molar refractivity (Wildman–Crippen MR) is 116 cm³/mol. The van der Waals surface area contributed by atoms with E-state index in [1.54, 1.807) is 18.2 Å². The van der Waals surface area contributed by atoms with Gasteiger partial charge in [-0.3, -0.25) is 4.79 Å². The van der Waals surface area contributed by atoms with E-state index in [0.717, 1.165) is 5.56 Å². The SMILES string of the molecule is O=C(NCc1ccnc(OCC(F)(F)F)c1)C1CCN(S(=O)(=O)/C=C/c2ccccc2)CC1. The van der Waals surface area contributed by atoms with Gasteiger partial charge in [0.25, 0.3) is 0 Å². The molecule has 11 heteroatoms. The number of amides is 1. The van der Waals surface area contributed by atoms with Gasteiger partial charge in [-0.25, -0.2) is 13.4 Å². The highest BCUT2D eigenvalue weighted by atomic mass is 32.2. The van der Waals surface area contributed by atoms with Crippen LogP contribution >= 0.6 is 0 Å². The average Bonchev–Trinajstić information content (AvgIpc) is 2.80. The number of alkyl halides is 3. The Labute approximate surface area is 190 Å². The maximum atomic E-state index is 12.5. The van der Waals surface area contributed by atoms with Crippen LogP contribution in [0.5, 0.6) is 5.88 Å². The van der Waals surface area contributed by atoms with E-state index >= 15 is 0 Å². The van der Waals surface area contributed by atoms with Crippen LogP contribution in [-0.4, -0.2) is 49.5 Å². The Morgan fingerprint density at radius 3 is 2.55 bits per heavy atom. The number of aromatic nitrogens is 1. The standard InChI is InChI=1S/C22H24F3N3O4S/c23-22(24,25)16-32-20-14-18(6-10-26-20)15-27-21(29)19-7-11-28(12-8-19)33(30,31)13-9-17-4-2-1-3-5-17/h1-6,9-10,13-14,19H,7-8,11-12,15-16H2,(H,27,29)/b13-9+. The van der Waals surface area contributed by atoms with Crippen molar-refractivity contribution >= 4 is 22.0 Å². The van der Waals surface area contributed by atoms with Crippen molar-refractivity contribution in [3.63, 3.8) is 0 Å². The van der Waals surface area contributed by atoms with Gasteiger partial charge in [0, 0.05) is 43.2 Å². The number of carbonyl (C=O) groups excluding carboxylic acids is 1. The lowest BCUT2D eigenvalue weighted by Gasteiger charge is -2.29. The van der Waals surface area contributed by atoms with E-state index in [0.29, 0.717) is 18.4 Å². The van der Waals surface area contributed by atoms with Crippen LogP contribution in [0, 0.1) is 5.92 Å². The number of nitrogens with one attached hydrogen (secondary N) is 1. The molecule has 1 aliphatic rings. The second-order valence-electron chi connectivity index (χ2n) is 7.56. The minimum atomic E-state index is -4.47. The lowest BCUT2D eigenvalue weighted by molar-refractivity contribution is -0.154. The van der Waals surface area contributed by atoms with Gasteiger partial charge in [0.1, 0.15) is 0 Å². The quantitative estimate of drug-likeness (QED) is 0.622. The van der Waals surface area contributed by atoms with Gasteiger partial charge in [0.15, 0.2) is 6.61 Å². The van der Waals surface area contributed by atoms with E-state index in [-0.39, 0.29) is 37.3 Å². The number of hydrogen-bond acceptors (Lipinski definition) is 5. The van der Waals surface area contributed by atoms with Gasteiger partial charge in [-0.05, 0) is 36.1 Å². The molecule has 0 radical (unpaired) electrons. The van der Waals surface area contributed by atoms with Crippen molar-refractivity contribution in [2.45, 2.75) is 25.6 Å². The van der Waals surface area contributed by atoms with Crippen molar-refractivity contribution in [2.24, 2.45) is 5.92 Å². The summed E-state index contributed by atoms with van der Waals surface area (Å²) in [5.41, 5.74) is 1.32. The molecule has 0 aliphatic carbocycles. The Kier molecular flexibility index (Phi) is 8.09. The van der Waals surface area contributed by atoms with Crippen molar-refractivity contribution in [3.05, 3.63) is 65.2 Å². The molecule has 33 heavy (non-hydrogen) atoms. The molecule has 3 rings (SSSR count). The molecule has 2 heterocycles. The van der Waals surface area contributed by atoms with Crippen LogP contribution in [0.4, 0.5) is 13.2 Å². The zero-order valence-electron chi connectivity index (χ0n) is 17.7. The fourth-order valence-electron chi connectivity index (χ4n) is 3.32. The van der Waals surface area contributed by atoms with Crippen LogP contribution in [-0.2, 0) is 21.4 Å². The molecule has 2 aromatic rings. The van der Waals surface area contributed by atoms with E-state index in [2.05, 4.69) is 15.0 Å². The Bertz CT molecular complexity index is 1070. The zero-order valence-corrected chi connectivity index (χ0v) is 18.5. The lowest BCUT2D eigenvalue weighted by Crippen LogP contribution is -2.42. The summed E-state index contributed by atoms with van der Waals surface area (Å²) in [6, 6.07) is 12.0. The van der Waals surface area contributed by atoms with Crippen LogP contribution in [0.1, 0.15) is 24.0 Å². The molecule has 0 bridgehead atoms. The highest BCUT2D eigenvalue weighted by Crippen LogP contribution is 2.22. The number of nitrogens with zero attached hydrogens (tertiary/aromatic N) is 2. The molecule has 7 nitrogen and oxygen atoms in total. The number of halogens is 3. The molecule has 178 valence electrons. The van der Waals surface area contributed by atoms with Crippen molar-refractivity contribution in [3.8, 4) is 5.88 Å². The van der Waals surface area contributed by atoms with Crippen LogP contribution in [0.3, 0.4) is 0 Å². The number of carbonyl (C=O) groups is 1. The van der Waals surface area contributed by atoms with Crippen LogP contribution in [0.15, 0.2) is 54.1 Å². The molecule has 0 atom stereocenters. The topological polar surface area (TPSA) is 88.6 Å². The Balaban J connectivity index is 1.47. The number of rotatable bonds is 8. The summed E-state index contributed by atoms with van der Waals surface area (Å²) in [4.78, 5) is 16.2. The number of sulfonamides is 1. The second kappa shape index (κ2) is 10.8. The first-order chi connectivity index (χ1) is 15.6. The molecule has 0 spiro atoms. The molecule has 1 saturated heterocycles. The van der Waals surface area contributed by atoms with E-state index in [4.69, 9.17) is 0 Å². The van der Waals surface area contributed by atoms with Gasteiger partial charge >= 0.3 is 6.18 Å². The van der Waals surface area contributed by atoms with Crippen molar-refractivity contribution < 1.29 is 31.1 Å². The fourth-order valence-corrected chi connectivity index (χ4v) is 4.54. The molecule has 0 unspecified atom stereocenters. The largest absolute Gasteiger partial charge is 0.468 e. The summed E-state index contributed by atoms with van der Waals surface area (Å²) >= 11 is 0. The molecule has 1 fully saturated rings. The number of piperidine rings is 1. The maximum Gasteiger partial charge on any atom is 0.422 e. The smallest absolute Gasteiger partial charge is 0.422 e. The molecular weight excluding hydrogens is 459 g/mol. The fraction of sp³-hybridized carbons (Fsp3) is 0.364. The van der Waals surface area contributed by atoms with Crippen molar-refractivity contribution in [1.29, 1.82) is 0 Å². The molecule has 1 aliphatic heterocycles. The van der Waals surface area contributed by atoms with Crippen molar-refractivity contribution in [2.75, 3.05) is 19.7 Å². The monoisotopic (exact) mass is 483 g/mol. The van der Waals surface area contributed by atoms with E-state index in [1.165, 1.54) is 28.1 Å². The van der Waals surface area contributed by atoms with Gasteiger partial charge in [0.2, 0.25) is 21.8 Å². The highest BCUT2D eigenvalue weighted by molar-refractivity contribution is 7.92. The van der Waals surface area contributed by atoms with E-state index < -0.39 is 22.8 Å². The Hall–Kier alpha value is -2.92. The van der Waals surface area contributed by atoms with E-state index in [1.807, 2.05) is 18.2 Å². The molecule has 1 N–H and O–H groups in total. The van der Waals surface area contributed by atoms with Crippen LogP contribution < -0.4 is 10.1 Å². The lowest BCUT2D eigenvalue weighted by atomic mass is 9.97. The summed E-state index contributed by atoms with van der Waals surface area (Å²) in [5.74, 6) is -0.764. The van der Waals surface area contributed by atoms with Gasteiger partial charge in [-0.15, -0.1) is 0 Å². The average molecular weight is 484 g/mol. The normalized spacial score (nSPS) is 16.1. The Morgan fingerprint density at radius 2 is 1.88 bits per heavy atom. The first kappa shape index (κ1) is 24.7. The van der Waals surface area contributed by atoms with Crippen LogP contribution in [0.2, 0.25) is 0 Å². The number of hydrogen-bond donors (Lipinski definition) is 1. The zero-order chi connectivity index (χ0) is 23.9. The summed E-state index contributed by atoms with van der Waals surface area (Å²) in [5, 5.41) is 3.91. The van der Waals surface area contributed by atoms with Gasteiger partial charge < -0.3 is 10.1 Å². The third-order valence-corrected chi connectivity index (χ3v) is 6.63. The summed E-state index contributed by atoms with van der Waals surface area (Å²) in [6.45, 7) is -0.894. The Morgan fingerprint density at radius 1 is 1.18 bits per heavy atom. The van der Waals surface area contributed by atoms with Crippen LogP contribution in [0.25, 0.3) is 6.08 Å². The number of pyridine rings is 1. The third-order valence-electron chi connectivity index (χ3n) is 5.07. The molecule has 0 saturated carbocycles. The molecule has 1 aromatic heterocycles. The highest BCUT2D eigenvalue weighted by Gasteiger charge is 2.30. The third kappa shape index (κ3) is 7.86. The van der Waals surface area contributed by atoms with Crippen molar-refractivity contribution in [1.82, 2.24) is 14.6 Å². The maximum absolute atomic E-state index is 12.5. The number of benzene rings is 1. The molecule has 1 amide bonds. The van der Waals surface area contributed by atoms with Gasteiger partial charge in [-0.1, -0.05) is 30.3 Å². The molecule has 1 aromatic carbocycles. The van der Waals surface area contributed by atoms with Gasteiger partial charge in [-0.2, -0.15) is 17.5 Å². The first-order valence-electron chi connectivity index (χ1n) is 10.3. The predicted octanol–water partition coefficient (Wildman–Crippen LogP) is 3.35. The summed E-state index contributed by atoms with van der Waals surface area (Å²) in [7, 11) is -3.59. The molecular formula is C22H24F3N3O4S. The first-order valence-corrected chi connectivity index (χ1v) is 11.8. The number of ether oxygens (including phenoxy) is 1. The van der Waals surface area contributed by atoms with Gasteiger partial charge in [0.05, 0.1) is 0 Å². The summed E-state index contributed by atoms with van der Waals surface area (Å²) < 4.78 is 67.9. The summed E-state index contributed by atoms with van der Waals surface area (Å²) in [6.07, 6.45) is -0.873. The minimum absolute atomic E-state index is 0.0993. The second-order valence-corrected chi connectivity index (χ2v) is 9.37. The van der Waals surface area contributed by atoms with E-state index in [9.17, 15) is 26.4 Å².